The van der Waals surface area contributed by atoms with E-state index in [1.807, 2.05) is 0 Å². The van der Waals surface area contributed by atoms with Gasteiger partial charge in [-0.05, 0) is 41.5 Å². The highest BCUT2D eigenvalue weighted by Gasteiger charge is 2.53. The molecule has 4 aromatic heterocycles. The number of carbonyl (C=O) groups excluding carboxylic acids is 2. The van der Waals surface area contributed by atoms with Gasteiger partial charge in [0.2, 0.25) is 0 Å². The summed E-state index contributed by atoms with van der Waals surface area (Å²) in [5.74, 6) is -2.17. The standard InChI is InChI=1S/C32H42FN9O13P2S2/c1-31(2,3)29(44)48-14-58-56(46)51-9-18-23(20(33)28(53-18)42-13-39-21-24(34)35-10-36-25(21)42)55-57(47,59-15-49-30(45)32(4,5)6)50-8-17-16(54-56)7-19(52-17)41-12-40-22-26(41)37-11-38-27(22)43/h10-13,16-20,23,28H,7-9,14-15H2,1-6H3,(H2,34,35,36)(H,37,38,43)/t16-,17?,18?,19?,20+,23+,28?,56?,57?/m0/s1. The lowest BCUT2D eigenvalue weighted by atomic mass is 9.98. The SMILES string of the molecule is CC(C)(C)C(=O)OCSP1(=O)OCC2OC(n3cnc4c(N)ncnc43)[C@H](F)[C@@H]2OP(=O)(SCOC(=O)C(C)(C)C)OCC2OC(n3cnc4c(=O)[nH]cnc43)C[C@@H]2O1. The Labute approximate surface area is 343 Å². The van der Waals surface area contributed by atoms with Crippen LogP contribution in [0.1, 0.15) is 60.4 Å². The molecule has 7 rings (SSSR count). The Bertz CT molecular complexity index is 2370. The Hall–Kier alpha value is -3.51. The Morgan fingerprint density at radius 3 is 2.10 bits per heavy atom. The number of fused-ring (bicyclic) bond motifs is 4. The molecule has 7 heterocycles. The monoisotopic (exact) mass is 905 g/mol. The van der Waals surface area contributed by atoms with Crippen molar-refractivity contribution in [3.05, 3.63) is 35.7 Å². The van der Waals surface area contributed by atoms with Crippen LogP contribution in [0.2, 0.25) is 0 Å². The van der Waals surface area contributed by atoms with Crippen molar-refractivity contribution in [3.63, 3.8) is 0 Å². The Morgan fingerprint density at radius 1 is 0.847 bits per heavy atom. The number of nitrogens with zero attached hydrogens (tertiary/aromatic N) is 7. The normalized spacial score (nSPS) is 30.7. The van der Waals surface area contributed by atoms with E-state index in [0.717, 1.165) is 6.33 Å². The van der Waals surface area contributed by atoms with E-state index in [9.17, 15) is 23.5 Å². The lowest BCUT2D eigenvalue weighted by Gasteiger charge is -2.30. The van der Waals surface area contributed by atoms with Crippen LogP contribution in [0.4, 0.5) is 10.2 Å². The minimum atomic E-state index is -4.54. The number of hydrogen-bond acceptors (Lipinski definition) is 21. The Balaban J connectivity index is 1.22. The molecule has 3 aliphatic heterocycles. The van der Waals surface area contributed by atoms with Crippen molar-refractivity contribution in [3.8, 4) is 0 Å². The van der Waals surface area contributed by atoms with Gasteiger partial charge < -0.3 is 29.7 Å². The number of aromatic amines is 1. The molecule has 0 radical (unpaired) electrons. The van der Waals surface area contributed by atoms with Gasteiger partial charge in [-0.2, -0.15) is 0 Å². The van der Waals surface area contributed by atoms with E-state index in [0.29, 0.717) is 22.8 Å². The first kappa shape index (κ1) is 43.6. The van der Waals surface area contributed by atoms with Crippen LogP contribution in [-0.4, -0.2) is 107 Å². The fourth-order valence-corrected chi connectivity index (χ4v) is 11.6. The van der Waals surface area contributed by atoms with E-state index in [2.05, 4.69) is 29.9 Å². The molecule has 9 atom stereocenters. The molecule has 4 aromatic rings. The number of halogens is 1. The van der Waals surface area contributed by atoms with Crippen molar-refractivity contribution in [1.82, 2.24) is 39.0 Å². The van der Waals surface area contributed by atoms with Crippen molar-refractivity contribution in [2.45, 2.75) is 91.0 Å². The largest absolute Gasteiger partial charge is 0.454 e. The van der Waals surface area contributed by atoms with Crippen LogP contribution < -0.4 is 11.3 Å². The van der Waals surface area contributed by atoms with Gasteiger partial charge in [0.1, 0.15) is 54.4 Å². The van der Waals surface area contributed by atoms with Crippen molar-refractivity contribution < 1.29 is 60.2 Å². The number of ether oxygens (including phenoxy) is 4. The predicted molar refractivity (Wildman–Crippen MR) is 208 cm³/mol. The highest BCUT2D eigenvalue weighted by molar-refractivity contribution is 8.55. The smallest absolute Gasteiger partial charge is 0.392 e. The lowest BCUT2D eigenvalue weighted by Crippen LogP contribution is -2.35. The summed E-state index contributed by atoms with van der Waals surface area (Å²) in [4.78, 5) is 60.8. The molecule has 0 spiro atoms. The summed E-state index contributed by atoms with van der Waals surface area (Å²) in [6, 6.07) is 0. The second-order valence-corrected chi connectivity index (χ2v) is 23.5. The topological polar surface area (TPSA) is 275 Å². The molecular formula is C32H42FN9O13P2S2. The zero-order chi connectivity index (χ0) is 42.5. The summed E-state index contributed by atoms with van der Waals surface area (Å²) in [6.45, 7) is -0.368. The van der Waals surface area contributed by atoms with Gasteiger partial charge in [0, 0.05) is 29.2 Å². The van der Waals surface area contributed by atoms with E-state index in [1.54, 1.807) is 41.5 Å². The lowest BCUT2D eigenvalue weighted by molar-refractivity contribution is -0.151. The van der Waals surface area contributed by atoms with Gasteiger partial charge in [0.05, 0.1) is 43.0 Å². The van der Waals surface area contributed by atoms with Gasteiger partial charge in [-0.1, -0.05) is 0 Å². The summed E-state index contributed by atoms with van der Waals surface area (Å²) in [5.41, 5.74) is 4.12. The van der Waals surface area contributed by atoms with Gasteiger partial charge in [-0.15, -0.1) is 0 Å². The van der Waals surface area contributed by atoms with Gasteiger partial charge >= 0.3 is 25.5 Å². The van der Waals surface area contributed by atoms with Gasteiger partial charge in [-0.25, -0.2) is 38.4 Å². The Morgan fingerprint density at radius 2 is 1.44 bits per heavy atom. The minimum absolute atomic E-state index is 0.0220. The van der Waals surface area contributed by atoms with Crippen molar-refractivity contribution in [2.75, 3.05) is 30.8 Å². The second-order valence-electron chi connectivity index (χ2n) is 15.6. The molecule has 0 aliphatic carbocycles. The van der Waals surface area contributed by atoms with Crippen LogP contribution in [0, 0.1) is 10.8 Å². The number of aromatic nitrogens is 8. The first-order valence-electron chi connectivity index (χ1n) is 18.0. The number of esters is 2. The van der Waals surface area contributed by atoms with Crippen LogP contribution in [0.3, 0.4) is 0 Å². The molecule has 0 bridgehead atoms. The van der Waals surface area contributed by atoms with E-state index in [4.69, 9.17) is 42.8 Å². The molecule has 6 unspecified atom stereocenters. The molecule has 3 saturated heterocycles. The number of imidazole rings is 2. The maximum Gasteiger partial charge on any atom is 0.392 e. The third kappa shape index (κ3) is 9.38. The summed E-state index contributed by atoms with van der Waals surface area (Å²) in [7, 11) is 0. The fraction of sp³-hybridized carbons (Fsp3) is 0.625. The number of nitrogens with two attached hydrogens (primary N) is 1. The average molecular weight is 906 g/mol. The highest BCUT2D eigenvalue weighted by Crippen LogP contribution is 2.66. The summed E-state index contributed by atoms with van der Waals surface area (Å²) < 4.78 is 96.3. The maximum absolute atomic E-state index is 16.8. The number of H-pyrrole nitrogens is 1. The number of anilines is 1. The quantitative estimate of drug-likeness (QED) is 0.138. The van der Waals surface area contributed by atoms with Crippen LogP contribution in [0.5, 0.6) is 0 Å². The number of nitrogen functional groups attached to an aromatic ring is 1. The average Bonchev–Trinajstić information content (AvgIpc) is 3.95. The van der Waals surface area contributed by atoms with Crippen molar-refractivity contribution in [2.24, 2.45) is 10.8 Å². The fourth-order valence-electron chi connectivity index (χ4n) is 6.00. The minimum Gasteiger partial charge on any atom is -0.454 e. The third-order valence-electron chi connectivity index (χ3n) is 9.12. The summed E-state index contributed by atoms with van der Waals surface area (Å²) in [6.07, 6.45) is -5.23. The van der Waals surface area contributed by atoms with Gasteiger partial charge in [0.15, 0.2) is 35.0 Å². The molecule has 59 heavy (non-hydrogen) atoms. The number of nitrogens with one attached hydrogen (secondary N) is 1. The molecule has 0 aromatic carbocycles. The predicted octanol–water partition coefficient (Wildman–Crippen LogP) is 4.66. The Kier molecular flexibility index (Phi) is 12.4. The van der Waals surface area contributed by atoms with Crippen LogP contribution in [0.15, 0.2) is 30.1 Å². The van der Waals surface area contributed by atoms with E-state index in [-0.39, 0.29) is 34.6 Å². The summed E-state index contributed by atoms with van der Waals surface area (Å²) >= 11 is 1.03. The third-order valence-corrected chi connectivity index (χ3v) is 15.8. The number of rotatable bonds is 8. The van der Waals surface area contributed by atoms with E-state index in [1.165, 1.54) is 28.1 Å². The molecule has 3 N–H and O–H groups in total. The molecule has 0 amide bonds. The van der Waals surface area contributed by atoms with Crippen molar-refractivity contribution >= 4 is 76.4 Å². The number of alkyl halides is 1. The van der Waals surface area contributed by atoms with Gasteiger partial charge in [0.25, 0.3) is 5.56 Å². The number of hydrogen-bond donors (Lipinski definition) is 2. The number of carbonyl (C=O) groups is 2. The van der Waals surface area contributed by atoms with E-state index >= 15 is 4.39 Å². The zero-order valence-electron chi connectivity index (χ0n) is 32.5. The zero-order valence-corrected chi connectivity index (χ0v) is 35.9. The van der Waals surface area contributed by atoms with Crippen LogP contribution >= 0.6 is 36.4 Å². The van der Waals surface area contributed by atoms with Crippen LogP contribution in [-0.2, 0) is 55.8 Å². The van der Waals surface area contributed by atoms with Crippen molar-refractivity contribution in [1.29, 1.82) is 0 Å². The molecule has 3 fully saturated rings. The van der Waals surface area contributed by atoms with Gasteiger partial charge in [-0.3, -0.25) is 41.6 Å². The summed E-state index contributed by atoms with van der Waals surface area (Å²) in [5, 5.41) is 0. The second kappa shape index (κ2) is 16.7. The maximum atomic E-state index is 16.8. The molecule has 22 nitrogen and oxygen atoms in total. The highest BCUT2D eigenvalue weighted by atomic mass is 32.7. The van der Waals surface area contributed by atoms with E-state index < -0.39 is 110 Å². The molecule has 0 saturated carbocycles. The first-order chi connectivity index (χ1) is 27.8. The molecule has 322 valence electrons. The molecular weight excluding hydrogens is 863 g/mol. The molecule has 27 heteroatoms. The molecule has 3 aliphatic rings. The van der Waals surface area contributed by atoms with Crippen LogP contribution in [0.25, 0.3) is 22.3 Å². The first-order valence-corrected chi connectivity index (χ1v) is 24.3.